The lowest BCUT2D eigenvalue weighted by molar-refractivity contribution is 0.101. The fraction of sp³-hybridized carbons (Fsp3) is 0.261. The Morgan fingerprint density at radius 1 is 0.941 bits per heavy atom. The zero-order valence-corrected chi connectivity index (χ0v) is 19.2. The van der Waals surface area contributed by atoms with E-state index in [2.05, 4.69) is 42.4 Å². The first-order valence-corrected chi connectivity index (χ1v) is 11.1. The minimum Gasteiger partial charge on any atom is -0.368 e. The number of nitrogens with one attached hydrogen (secondary N) is 2. The van der Waals surface area contributed by atoms with Crippen molar-refractivity contribution in [2.24, 2.45) is 0 Å². The summed E-state index contributed by atoms with van der Waals surface area (Å²) in [5.74, 6) is -1.73. The maximum Gasteiger partial charge on any atom is 0.293 e. The second kappa shape index (κ2) is 10.5. The highest BCUT2D eigenvalue weighted by Gasteiger charge is 2.19. The molecule has 3 aromatic rings. The first kappa shape index (κ1) is 23.5. The summed E-state index contributed by atoms with van der Waals surface area (Å²) in [5, 5.41) is 5.55. The first-order valence-electron chi connectivity index (χ1n) is 10.7. The third kappa shape index (κ3) is 5.83. The van der Waals surface area contributed by atoms with E-state index in [1.165, 1.54) is 18.3 Å². The zero-order valence-electron chi connectivity index (χ0n) is 18.5. The van der Waals surface area contributed by atoms with Crippen LogP contribution < -0.4 is 15.5 Å². The van der Waals surface area contributed by atoms with Crippen LogP contribution >= 0.6 is 11.6 Å². The Kier molecular flexibility index (Phi) is 7.29. The van der Waals surface area contributed by atoms with Crippen LogP contribution in [0.25, 0.3) is 0 Å². The van der Waals surface area contributed by atoms with Crippen molar-refractivity contribution in [2.45, 2.75) is 6.42 Å². The van der Waals surface area contributed by atoms with Gasteiger partial charge in [-0.25, -0.2) is 19.3 Å². The van der Waals surface area contributed by atoms with Gasteiger partial charge in [0.1, 0.15) is 11.6 Å². The highest BCUT2D eigenvalue weighted by atomic mass is 35.5. The van der Waals surface area contributed by atoms with Crippen molar-refractivity contribution in [1.82, 2.24) is 19.9 Å². The Morgan fingerprint density at radius 3 is 2.47 bits per heavy atom. The van der Waals surface area contributed by atoms with E-state index in [-0.39, 0.29) is 22.9 Å². The highest BCUT2D eigenvalue weighted by Crippen LogP contribution is 2.20. The number of likely N-dealkylation sites (N-methyl/N-ethyl adjacent to an activating group) is 1. The van der Waals surface area contributed by atoms with Crippen LogP contribution in [0.15, 0.2) is 48.9 Å². The molecule has 2 N–H and O–H groups in total. The Hall–Kier alpha value is -3.63. The summed E-state index contributed by atoms with van der Waals surface area (Å²) >= 11 is 5.80. The molecule has 1 aliphatic rings. The third-order valence-electron chi connectivity index (χ3n) is 5.37. The van der Waals surface area contributed by atoms with Crippen LogP contribution in [0.1, 0.15) is 27.4 Å². The highest BCUT2D eigenvalue weighted by molar-refractivity contribution is 6.30. The molecule has 2 aromatic heterocycles. The number of halogens is 2. The molecule has 2 amide bonds. The predicted octanol–water partition coefficient (Wildman–Crippen LogP) is 3.31. The minimum atomic E-state index is -0.646. The molecule has 1 saturated heterocycles. The van der Waals surface area contributed by atoms with Gasteiger partial charge in [-0.15, -0.1) is 0 Å². The van der Waals surface area contributed by atoms with Gasteiger partial charge in [-0.1, -0.05) is 11.6 Å². The van der Waals surface area contributed by atoms with Crippen molar-refractivity contribution in [3.05, 3.63) is 71.2 Å². The van der Waals surface area contributed by atoms with Gasteiger partial charge in [0.2, 0.25) is 5.82 Å². The van der Waals surface area contributed by atoms with E-state index >= 15 is 0 Å². The van der Waals surface area contributed by atoms with Crippen molar-refractivity contribution in [2.75, 3.05) is 48.8 Å². The summed E-state index contributed by atoms with van der Waals surface area (Å²) in [4.78, 5) is 42.3. The van der Waals surface area contributed by atoms with Crippen molar-refractivity contribution in [3.8, 4) is 0 Å². The fourth-order valence-electron chi connectivity index (χ4n) is 3.53. The van der Waals surface area contributed by atoms with Crippen molar-refractivity contribution < 1.29 is 14.0 Å². The number of pyridine rings is 1. The van der Waals surface area contributed by atoms with E-state index in [0.29, 0.717) is 5.02 Å². The van der Waals surface area contributed by atoms with Gasteiger partial charge in [0, 0.05) is 25.8 Å². The van der Waals surface area contributed by atoms with Crippen molar-refractivity contribution in [3.63, 3.8) is 0 Å². The molecule has 0 saturated carbocycles. The number of rotatable bonds is 5. The van der Waals surface area contributed by atoms with Crippen LogP contribution in [-0.2, 0) is 0 Å². The second-order valence-electron chi connectivity index (χ2n) is 7.87. The smallest absolute Gasteiger partial charge is 0.293 e. The van der Waals surface area contributed by atoms with E-state index in [1.807, 2.05) is 0 Å². The average molecular weight is 484 g/mol. The van der Waals surface area contributed by atoms with Gasteiger partial charge in [0.15, 0.2) is 0 Å². The second-order valence-corrected chi connectivity index (χ2v) is 8.30. The molecule has 11 heteroatoms. The van der Waals surface area contributed by atoms with Gasteiger partial charge in [0.05, 0.1) is 34.4 Å². The largest absolute Gasteiger partial charge is 0.368 e. The molecule has 0 unspecified atom stereocenters. The lowest BCUT2D eigenvalue weighted by Crippen LogP contribution is -2.29. The summed E-state index contributed by atoms with van der Waals surface area (Å²) in [7, 11) is 2.09. The number of nitrogens with zero attached hydrogens (tertiary/aromatic N) is 5. The fourth-order valence-corrected chi connectivity index (χ4v) is 3.64. The standard InChI is InChI=1S/C23H23ClFN7O2/c1-31-7-2-8-32(10-9-31)17-13-27-21(28-14-17)23(34)29-19-5-4-16(25)11-18(19)22(33)30-20-6-3-15(24)12-26-20/h3-6,11-14H,2,7-10H2,1H3,(H,29,34)(H,26,30,33). The van der Waals surface area contributed by atoms with E-state index in [1.54, 1.807) is 18.5 Å². The summed E-state index contributed by atoms with van der Waals surface area (Å²) in [5.41, 5.74) is 0.876. The molecule has 1 aliphatic heterocycles. The van der Waals surface area contributed by atoms with Gasteiger partial charge in [-0.2, -0.15) is 0 Å². The van der Waals surface area contributed by atoms with E-state index in [9.17, 15) is 14.0 Å². The van der Waals surface area contributed by atoms with Crippen LogP contribution in [0.4, 0.5) is 21.6 Å². The van der Waals surface area contributed by atoms with Crippen LogP contribution in [0.5, 0.6) is 0 Å². The van der Waals surface area contributed by atoms with E-state index in [0.717, 1.165) is 50.4 Å². The molecule has 0 spiro atoms. The van der Waals surface area contributed by atoms with Gasteiger partial charge >= 0.3 is 0 Å². The Balaban J connectivity index is 1.47. The normalized spacial score (nSPS) is 14.4. The molecule has 0 radical (unpaired) electrons. The number of carbonyl (C=O) groups excluding carboxylic acids is 2. The van der Waals surface area contributed by atoms with Crippen LogP contribution in [0.2, 0.25) is 5.02 Å². The first-order chi connectivity index (χ1) is 16.4. The Labute approximate surface area is 201 Å². The van der Waals surface area contributed by atoms with E-state index in [4.69, 9.17) is 11.6 Å². The molecule has 34 heavy (non-hydrogen) atoms. The predicted molar refractivity (Wildman–Crippen MR) is 128 cm³/mol. The lowest BCUT2D eigenvalue weighted by atomic mass is 10.1. The Morgan fingerprint density at radius 2 is 1.74 bits per heavy atom. The minimum absolute atomic E-state index is 0.0641. The topological polar surface area (TPSA) is 103 Å². The number of benzene rings is 1. The van der Waals surface area contributed by atoms with Crippen molar-refractivity contribution >= 4 is 40.6 Å². The summed E-state index contributed by atoms with van der Waals surface area (Å²) in [6.07, 6.45) is 5.62. The van der Waals surface area contributed by atoms with Crippen LogP contribution in [0.3, 0.4) is 0 Å². The number of carbonyl (C=O) groups is 2. The maximum atomic E-state index is 13.9. The number of aromatic nitrogens is 3. The van der Waals surface area contributed by atoms with E-state index < -0.39 is 17.6 Å². The molecule has 0 bridgehead atoms. The molecule has 0 atom stereocenters. The molecule has 9 nitrogen and oxygen atoms in total. The zero-order chi connectivity index (χ0) is 24.1. The third-order valence-corrected chi connectivity index (χ3v) is 5.59. The SMILES string of the molecule is CN1CCCN(c2cnc(C(=O)Nc3ccc(F)cc3C(=O)Nc3ccc(Cl)cn3)nc2)CC1. The van der Waals surface area contributed by atoms with Crippen LogP contribution in [-0.4, -0.2) is 64.9 Å². The molecule has 1 fully saturated rings. The molecule has 1 aromatic carbocycles. The lowest BCUT2D eigenvalue weighted by Gasteiger charge is -2.22. The van der Waals surface area contributed by atoms with Gasteiger partial charge in [-0.3, -0.25) is 9.59 Å². The summed E-state index contributed by atoms with van der Waals surface area (Å²) in [6, 6.07) is 6.55. The van der Waals surface area contributed by atoms with Gasteiger partial charge < -0.3 is 20.4 Å². The molecular weight excluding hydrogens is 461 g/mol. The molecule has 176 valence electrons. The maximum absolute atomic E-state index is 13.9. The molecule has 4 rings (SSSR count). The van der Waals surface area contributed by atoms with Crippen LogP contribution in [0, 0.1) is 5.82 Å². The molecular formula is C23H23ClFN7O2. The molecule has 0 aliphatic carbocycles. The van der Waals surface area contributed by atoms with Crippen molar-refractivity contribution in [1.29, 1.82) is 0 Å². The number of hydrogen-bond donors (Lipinski definition) is 2. The molecule has 3 heterocycles. The number of amides is 2. The number of anilines is 3. The summed E-state index contributed by atoms with van der Waals surface area (Å²) in [6.45, 7) is 3.69. The summed E-state index contributed by atoms with van der Waals surface area (Å²) < 4.78 is 13.9. The van der Waals surface area contributed by atoms with Gasteiger partial charge in [0.25, 0.3) is 11.8 Å². The number of hydrogen-bond acceptors (Lipinski definition) is 7. The van der Waals surface area contributed by atoms with Gasteiger partial charge in [-0.05, 0) is 50.3 Å². The quantitative estimate of drug-likeness (QED) is 0.573. The average Bonchev–Trinajstić information content (AvgIpc) is 3.06. The Bertz CT molecular complexity index is 1170. The monoisotopic (exact) mass is 483 g/mol.